The summed E-state index contributed by atoms with van der Waals surface area (Å²) in [6.07, 6.45) is 0. The van der Waals surface area contributed by atoms with E-state index >= 15 is 0 Å². The van der Waals surface area contributed by atoms with E-state index in [9.17, 15) is 14.9 Å². The van der Waals surface area contributed by atoms with Crippen LogP contribution in [0.5, 0.6) is 0 Å². The summed E-state index contributed by atoms with van der Waals surface area (Å²) in [5.74, 6) is -0.101. The molecule has 0 N–H and O–H groups in total. The van der Waals surface area contributed by atoms with Crippen molar-refractivity contribution in [2.75, 3.05) is 0 Å². The highest BCUT2D eigenvalue weighted by atomic mass is 32.2. The summed E-state index contributed by atoms with van der Waals surface area (Å²) in [6, 6.07) is 6.24. The van der Waals surface area contributed by atoms with E-state index in [-0.39, 0.29) is 16.6 Å². The first kappa shape index (κ1) is 13.1. The zero-order valence-corrected chi connectivity index (χ0v) is 10.5. The molecule has 0 radical (unpaired) electrons. The highest BCUT2D eigenvalue weighted by molar-refractivity contribution is 8.13. The predicted molar refractivity (Wildman–Crippen MR) is 70.8 cm³/mol. The Balaban J connectivity index is 2.04. The molecule has 96 valence electrons. The number of carbonyl (C=O) groups excluding carboxylic acids is 1. The van der Waals surface area contributed by atoms with Crippen LogP contribution in [0, 0.1) is 10.1 Å². The van der Waals surface area contributed by atoms with Gasteiger partial charge < -0.3 is 0 Å². The molecule has 2 rings (SSSR count). The van der Waals surface area contributed by atoms with E-state index in [4.69, 9.17) is 0 Å². The van der Waals surface area contributed by atoms with Crippen molar-refractivity contribution in [2.45, 2.75) is 5.75 Å². The van der Waals surface area contributed by atoms with Crippen LogP contribution in [0.3, 0.4) is 0 Å². The van der Waals surface area contributed by atoms with Crippen molar-refractivity contribution in [3.63, 3.8) is 0 Å². The lowest BCUT2D eigenvalue weighted by molar-refractivity contribution is -0.384. The normalized spacial score (nSPS) is 14.4. The molecule has 8 heteroatoms. The van der Waals surface area contributed by atoms with Crippen LogP contribution in [0.1, 0.15) is 5.56 Å². The number of amidine groups is 1. The van der Waals surface area contributed by atoms with Crippen LogP contribution in [0.15, 0.2) is 51.8 Å². The van der Waals surface area contributed by atoms with Crippen molar-refractivity contribution in [3.05, 3.63) is 52.2 Å². The molecule has 0 unspecified atom stereocenters. The number of amides is 1. The standard InChI is InChI=1S/C11H8N4O3S/c1-7-10(16)12-11(14-13-7)19-6-8-3-2-4-9(5-8)15(17)18/h2-5H,1,6H2. The van der Waals surface area contributed by atoms with Crippen molar-refractivity contribution in [1.82, 2.24) is 0 Å². The number of nitrogens with zero attached hydrogens (tertiary/aromatic N) is 4. The van der Waals surface area contributed by atoms with Gasteiger partial charge in [-0.05, 0) is 5.56 Å². The summed E-state index contributed by atoms with van der Waals surface area (Å²) in [4.78, 5) is 25.1. The number of azo groups is 1. The predicted octanol–water partition coefficient (Wildman–Crippen LogP) is 2.69. The van der Waals surface area contributed by atoms with Gasteiger partial charge in [-0.2, -0.15) is 4.99 Å². The molecule has 0 aliphatic carbocycles. The topological polar surface area (TPSA) is 97.3 Å². The molecule has 0 saturated heterocycles. The number of nitro groups is 1. The van der Waals surface area contributed by atoms with Gasteiger partial charge in [-0.1, -0.05) is 30.5 Å². The zero-order valence-electron chi connectivity index (χ0n) is 9.65. The highest BCUT2D eigenvalue weighted by Gasteiger charge is 2.14. The lowest BCUT2D eigenvalue weighted by Gasteiger charge is -2.04. The molecule has 1 amide bonds. The van der Waals surface area contributed by atoms with Crippen molar-refractivity contribution >= 4 is 28.5 Å². The van der Waals surface area contributed by atoms with Crippen LogP contribution >= 0.6 is 11.8 Å². The molecule has 1 aromatic rings. The first-order valence-electron chi connectivity index (χ1n) is 5.16. The smallest absolute Gasteiger partial charge is 0.265 e. The third-order valence-corrected chi connectivity index (χ3v) is 3.10. The third kappa shape index (κ3) is 3.32. The van der Waals surface area contributed by atoms with Crippen molar-refractivity contribution in [3.8, 4) is 0 Å². The molecule has 1 aliphatic rings. The highest BCUT2D eigenvalue weighted by Crippen LogP contribution is 2.21. The number of nitro benzene ring substituents is 1. The minimum Gasteiger partial charge on any atom is -0.265 e. The molecule has 0 fully saturated rings. The number of hydrogen-bond donors (Lipinski definition) is 0. The molecule has 0 atom stereocenters. The monoisotopic (exact) mass is 276 g/mol. The molecular weight excluding hydrogens is 268 g/mol. The van der Waals surface area contributed by atoms with Crippen molar-refractivity contribution < 1.29 is 9.72 Å². The average Bonchev–Trinajstić information content (AvgIpc) is 2.40. The molecule has 19 heavy (non-hydrogen) atoms. The molecule has 0 bridgehead atoms. The number of thioether (sulfide) groups is 1. The van der Waals surface area contributed by atoms with Gasteiger partial charge in [0.25, 0.3) is 11.6 Å². The lowest BCUT2D eigenvalue weighted by atomic mass is 10.2. The Morgan fingerprint density at radius 3 is 2.84 bits per heavy atom. The summed E-state index contributed by atoms with van der Waals surface area (Å²) in [6.45, 7) is 3.38. The summed E-state index contributed by atoms with van der Waals surface area (Å²) in [7, 11) is 0. The molecule has 7 nitrogen and oxygen atoms in total. The number of non-ortho nitro benzene ring substituents is 1. The molecule has 1 heterocycles. The fraction of sp³-hybridized carbons (Fsp3) is 0.0909. The number of rotatable bonds is 3. The van der Waals surface area contributed by atoms with E-state index in [0.717, 1.165) is 5.56 Å². The van der Waals surface area contributed by atoms with E-state index in [0.29, 0.717) is 5.75 Å². The second-order valence-electron chi connectivity index (χ2n) is 3.56. The zero-order chi connectivity index (χ0) is 13.8. The van der Waals surface area contributed by atoms with Gasteiger partial charge in [0.05, 0.1) is 4.92 Å². The first-order valence-corrected chi connectivity index (χ1v) is 6.14. The summed E-state index contributed by atoms with van der Waals surface area (Å²) in [5, 5.41) is 18.1. The van der Waals surface area contributed by atoms with Crippen LogP contribution < -0.4 is 0 Å². The molecule has 1 aromatic carbocycles. The average molecular weight is 276 g/mol. The SMILES string of the molecule is C=C1N=NC(SCc2cccc([N+](=O)[O-])c2)=NC1=O. The van der Waals surface area contributed by atoms with Gasteiger partial charge in [0, 0.05) is 17.9 Å². The number of hydrogen-bond acceptors (Lipinski definition) is 6. The second-order valence-corrected chi connectivity index (χ2v) is 4.50. The fourth-order valence-electron chi connectivity index (χ4n) is 1.29. The number of aliphatic imine (C=N–C) groups is 1. The molecular formula is C11H8N4O3S. The maximum absolute atomic E-state index is 11.2. The third-order valence-electron chi connectivity index (χ3n) is 2.19. The van der Waals surface area contributed by atoms with Crippen LogP contribution in [0.2, 0.25) is 0 Å². The molecule has 1 aliphatic heterocycles. The van der Waals surface area contributed by atoms with E-state index in [1.807, 2.05) is 0 Å². The van der Waals surface area contributed by atoms with Crippen LogP contribution in [0.25, 0.3) is 0 Å². The second kappa shape index (κ2) is 5.53. The Bertz CT molecular complexity index is 624. The van der Waals surface area contributed by atoms with E-state index in [2.05, 4.69) is 21.8 Å². The van der Waals surface area contributed by atoms with Gasteiger partial charge in [-0.25, -0.2) is 0 Å². The van der Waals surface area contributed by atoms with E-state index in [1.165, 1.54) is 23.9 Å². The number of carbonyl (C=O) groups is 1. The minimum atomic E-state index is -0.517. The van der Waals surface area contributed by atoms with Crippen molar-refractivity contribution in [1.29, 1.82) is 0 Å². The first-order chi connectivity index (χ1) is 9.06. The summed E-state index contributed by atoms with van der Waals surface area (Å²) < 4.78 is 0. The largest absolute Gasteiger partial charge is 0.299 e. The van der Waals surface area contributed by atoms with Crippen LogP contribution in [0.4, 0.5) is 5.69 Å². The van der Waals surface area contributed by atoms with Crippen LogP contribution in [-0.2, 0) is 10.5 Å². The Morgan fingerprint density at radius 2 is 2.16 bits per heavy atom. The van der Waals surface area contributed by atoms with Gasteiger partial charge in [0.1, 0.15) is 5.70 Å². The molecule has 0 spiro atoms. The van der Waals surface area contributed by atoms with Crippen molar-refractivity contribution in [2.24, 2.45) is 15.2 Å². The molecule has 0 saturated carbocycles. The van der Waals surface area contributed by atoms with Gasteiger partial charge in [-0.3, -0.25) is 14.9 Å². The molecule has 0 aromatic heterocycles. The van der Waals surface area contributed by atoms with Gasteiger partial charge in [-0.15, -0.1) is 10.2 Å². The van der Waals surface area contributed by atoms with Gasteiger partial charge in [0.15, 0.2) is 0 Å². The van der Waals surface area contributed by atoms with Crippen LogP contribution in [-0.4, -0.2) is 16.0 Å². The summed E-state index contributed by atoms with van der Waals surface area (Å²) >= 11 is 1.18. The van der Waals surface area contributed by atoms with Gasteiger partial charge >= 0.3 is 0 Å². The quantitative estimate of drug-likeness (QED) is 0.481. The minimum absolute atomic E-state index is 0.000279. The Kier molecular flexibility index (Phi) is 3.81. The Morgan fingerprint density at radius 1 is 1.37 bits per heavy atom. The number of benzene rings is 1. The maximum atomic E-state index is 11.2. The Labute approximate surface area is 112 Å². The summed E-state index contributed by atoms with van der Waals surface area (Å²) in [5.41, 5.74) is 0.767. The maximum Gasteiger partial charge on any atom is 0.299 e. The van der Waals surface area contributed by atoms with E-state index < -0.39 is 10.8 Å². The Hall–Kier alpha value is -2.35. The fourth-order valence-corrected chi connectivity index (χ4v) is 2.01. The van der Waals surface area contributed by atoms with Gasteiger partial charge in [0.2, 0.25) is 5.17 Å². The lowest BCUT2D eigenvalue weighted by Crippen LogP contribution is -2.04. The van der Waals surface area contributed by atoms with E-state index in [1.54, 1.807) is 12.1 Å².